The molecular formula is C23H27N5O2. The smallest absolute Gasteiger partial charge is 0.227 e. The monoisotopic (exact) mass is 405 g/mol. The van der Waals surface area contributed by atoms with Crippen LogP contribution in [0.25, 0.3) is 5.82 Å². The number of aryl methyl sites for hydroxylation is 2. The quantitative estimate of drug-likeness (QED) is 0.653. The van der Waals surface area contributed by atoms with Crippen molar-refractivity contribution in [2.24, 2.45) is 5.92 Å². The van der Waals surface area contributed by atoms with E-state index in [1.807, 2.05) is 49.6 Å². The highest BCUT2D eigenvalue weighted by Gasteiger charge is 2.21. The fraction of sp³-hybridized carbons (Fsp3) is 0.391. The Labute approximate surface area is 176 Å². The highest BCUT2D eigenvalue weighted by atomic mass is 16.5. The fourth-order valence-corrected chi connectivity index (χ4v) is 3.77. The average Bonchev–Trinajstić information content (AvgIpc) is 3.08. The third-order valence-electron chi connectivity index (χ3n) is 5.62. The Morgan fingerprint density at radius 3 is 2.47 bits per heavy atom. The minimum Gasteiger partial charge on any atom is -0.439 e. The summed E-state index contributed by atoms with van der Waals surface area (Å²) >= 11 is 0. The van der Waals surface area contributed by atoms with Crippen LogP contribution in [0.2, 0.25) is 0 Å². The van der Waals surface area contributed by atoms with Crippen molar-refractivity contribution in [3.8, 4) is 17.4 Å². The molecule has 0 radical (unpaired) electrons. The second-order valence-electron chi connectivity index (χ2n) is 7.85. The number of carbonyl (C=O) groups excluding carboxylic acids is 1. The standard InChI is InChI=1S/C23H27N5O2/c1-15-16(2)28(14-24-15)21-13-22(26-17(3)25-21)30-20-11-9-19(10-12-20)27-23(29)18-7-5-4-6-8-18/h9-14,18H,4-8H2,1-3H3,(H,27,29). The Balaban J connectivity index is 1.45. The van der Waals surface area contributed by atoms with Gasteiger partial charge in [-0.2, -0.15) is 4.98 Å². The van der Waals surface area contributed by atoms with Gasteiger partial charge in [-0.1, -0.05) is 19.3 Å². The average molecular weight is 406 g/mol. The first-order chi connectivity index (χ1) is 14.5. The van der Waals surface area contributed by atoms with Gasteiger partial charge in [0.05, 0.1) is 5.69 Å². The van der Waals surface area contributed by atoms with E-state index >= 15 is 0 Å². The first-order valence-electron chi connectivity index (χ1n) is 10.4. The van der Waals surface area contributed by atoms with Crippen molar-refractivity contribution >= 4 is 11.6 Å². The normalized spacial score (nSPS) is 14.5. The van der Waals surface area contributed by atoms with Gasteiger partial charge in [-0.05, 0) is 57.9 Å². The zero-order chi connectivity index (χ0) is 21.1. The molecule has 156 valence electrons. The molecule has 1 fully saturated rings. The molecule has 0 saturated heterocycles. The number of hydrogen-bond donors (Lipinski definition) is 1. The minimum atomic E-state index is 0.116. The zero-order valence-electron chi connectivity index (χ0n) is 17.7. The Morgan fingerprint density at radius 2 is 1.80 bits per heavy atom. The number of anilines is 1. The van der Waals surface area contributed by atoms with Gasteiger partial charge in [0, 0.05) is 23.4 Å². The van der Waals surface area contributed by atoms with Gasteiger partial charge in [-0.25, -0.2) is 9.97 Å². The van der Waals surface area contributed by atoms with Crippen molar-refractivity contribution in [3.63, 3.8) is 0 Å². The van der Waals surface area contributed by atoms with Crippen LogP contribution in [0.1, 0.15) is 49.3 Å². The van der Waals surface area contributed by atoms with Crippen molar-refractivity contribution in [2.45, 2.75) is 52.9 Å². The number of hydrogen-bond acceptors (Lipinski definition) is 5. The van der Waals surface area contributed by atoms with Gasteiger partial charge in [0.2, 0.25) is 11.8 Å². The molecular weight excluding hydrogens is 378 g/mol. The van der Waals surface area contributed by atoms with Gasteiger partial charge >= 0.3 is 0 Å². The summed E-state index contributed by atoms with van der Waals surface area (Å²) < 4.78 is 7.86. The first-order valence-corrected chi connectivity index (χ1v) is 10.4. The Bertz CT molecular complexity index is 1040. The predicted molar refractivity (Wildman–Crippen MR) is 115 cm³/mol. The summed E-state index contributed by atoms with van der Waals surface area (Å²) in [5, 5.41) is 3.02. The lowest BCUT2D eigenvalue weighted by Gasteiger charge is -2.20. The largest absolute Gasteiger partial charge is 0.439 e. The van der Waals surface area contributed by atoms with Crippen LogP contribution in [0.3, 0.4) is 0 Å². The predicted octanol–water partition coefficient (Wildman–Crippen LogP) is 4.90. The van der Waals surface area contributed by atoms with Crippen molar-refractivity contribution in [2.75, 3.05) is 5.32 Å². The summed E-state index contributed by atoms with van der Waals surface area (Å²) in [6.07, 6.45) is 7.24. The van der Waals surface area contributed by atoms with Gasteiger partial charge < -0.3 is 10.1 Å². The van der Waals surface area contributed by atoms with E-state index in [0.717, 1.165) is 42.8 Å². The number of rotatable bonds is 5. The SMILES string of the molecule is Cc1nc(Oc2ccc(NC(=O)C3CCCCC3)cc2)cc(-n2cnc(C)c2C)n1. The third-order valence-corrected chi connectivity index (χ3v) is 5.62. The van der Waals surface area contributed by atoms with Crippen molar-refractivity contribution in [1.82, 2.24) is 19.5 Å². The molecule has 1 aromatic carbocycles. The summed E-state index contributed by atoms with van der Waals surface area (Å²) in [6, 6.07) is 9.17. The maximum atomic E-state index is 12.4. The van der Waals surface area contributed by atoms with Crippen LogP contribution in [0.4, 0.5) is 5.69 Å². The lowest BCUT2D eigenvalue weighted by Crippen LogP contribution is -2.24. The molecule has 3 aromatic rings. The number of benzene rings is 1. The number of ether oxygens (including phenoxy) is 1. The Kier molecular flexibility index (Phi) is 5.79. The summed E-state index contributed by atoms with van der Waals surface area (Å²) in [5.74, 6) is 2.69. The van der Waals surface area contributed by atoms with Crippen LogP contribution in [0, 0.1) is 26.7 Å². The maximum absolute atomic E-state index is 12.4. The van der Waals surface area contributed by atoms with E-state index in [1.54, 1.807) is 12.4 Å². The molecule has 7 nitrogen and oxygen atoms in total. The summed E-state index contributed by atoms with van der Waals surface area (Å²) in [6.45, 7) is 5.80. The molecule has 1 N–H and O–H groups in total. The molecule has 0 unspecified atom stereocenters. The second kappa shape index (κ2) is 8.65. The van der Waals surface area contributed by atoms with Gasteiger partial charge in [0.15, 0.2) is 0 Å². The van der Waals surface area contributed by atoms with E-state index in [1.165, 1.54) is 6.42 Å². The zero-order valence-corrected chi connectivity index (χ0v) is 17.7. The topological polar surface area (TPSA) is 81.9 Å². The molecule has 2 aromatic heterocycles. The highest BCUT2D eigenvalue weighted by Crippen LogP contribution is 2.27. The summed E-state index contributed by atoms with van der Waals surface area (Å²) in [5.41, 5.74) is 2.76. The number of imidazole rings is 1. The molecule has 7 heteroatoms. The molecule has 1 saturated carbocycles. The minimum absolute atomic E-state index is 0.116. The molecule has 1 amide bonds. The molecule has 0 atom stereocenters. The van der Waals surface area contributed by atoms with E-state index in [-0.39, 0.29) is 11.8 Å². The van der Waals surface area contributed by atoms with Crippen molar-refractivity contribution in [1.29, 1.82) is 0 Å². The van der Waals surface area contributed by atoms with E-state index in [9.17, 15) is 4.79 Å². The number of nitrogens with zero attached hydrogens (tertiary/aromatic N) is 4. The lowest BCUT2D eigenvalue weighted by molar-refractivity contribution is -0.120. The van der Waals surface area contributed by atoms with E-state index < -0.39 is 0 Å². The second-order valence-corrected chi connectivity index (χ2v) is 7.85. The van der Waals surface area contributed by atoms with Crippen molar-refractivity contribution < 1.29 is 9.53 Å². The van der Waals surface area contributed by atoms with Crippen LogP contribution in [-0.4, -0.2) is 25.4 Å². The number of carbonyl (C=O) groups is 1. The van der Waals surface area contributed by atoms with E-state index in [4.69, 9.17) is 4.74 Å². The molecule has 4 rings (SSSR count). The van der Waals surface area contributed by atoms with Gasteiger partial charge in [0.25, 0.3) is 0 Å². The van der Waals surface area contributed by atoms with Crippen LogP contribution in [0.5, 0.6) is 11.6 Å². The van der Waals surface area contributed by atoms with E-state index in [2.05, 4.69) is 20.3 Å². The highest BCUT2D eigenvalue weighted by molar-refractivity contribution is 5.92. The molecule has 1 aliphatic carbocycles. The number of aromatic nitrogens is 4. The molecule has 30 heavy (non-hydrogen) atoms. The molecule has 0 bridgehead atoms. The lowest BCUT2D eigenvalue weighted by atomic mass is 9.88. The Hall–Kier alpha value is -3.22. The summed E-state index contributed by atoms with van der Waals surface area (Å²) in [4.78, 5) is 25.6. The molecule has 0 aliphatic heterocycles. The molecule has 1 aliphatic rings. The maximum Gasteiger partial charge on any atom is 0.227 e. The van der Waals surface area contributed by atoms with Crippen LogP contribution in [-0.2, 0) is 4.79 Å². The van der Waals surface area contributed by atoms with E-state index in [0.29, 0.717) is 23.3 Å². The molecule has 0 spiro atoms. The van der Waals surface area contributed by atoms with Gasteiger partial charge in [0.1, 0.15) is 23.7 Å². The third kappa shape index (κ3) is 4.50. The van der Waals surface area contributed by atoms with Crippen LogP contribution in [0.15, 0.2) is 36.7 Å². The van der Waals surface area contributed by atoms with Gasteiger partial charge in [-0.3, -0.25) is 9.36 Å². The number of amides is 1. The molecule has 2 heterocycles. The first kappa shape index (κ1) is 20.1. The van der Waals surface area contributed by atoms with Crippen LogP contribution >= 0.6 is 0 Å². The van der Waals surface area contributed by atoms with Crippen LogP contribution < -0.4 is 10.1 Å². The summed E-state index contributed by atoms with van der Waals surface area (Å²) in [7, 11) is 0. The van der Waals surface area contributed by atoms with Gasteiger partial charge in [-0.15, -0.1) is 0 Å². The van der Waals surface area contributed by atoms with Crippen molar-refractivity contribution in [3.05, 3.63) is 53.9 Å². The Morgan fingerprint density at radius 1 is 1.07 bits per heavy atom. The number of nitrogens with one attached hydrogen (secondary N) is 1. The fourth-order valence-electron chi connectivity index (χ4n) is 3.77.